The molecule has 9 rings (SSSR count). The van der Waals surface area contributed by atoms with Gasteiger partial charge in [0.15, 0.2) is 0 Å². The molecule has 5 heterocycles. The number of aliphatic imine (C=N–C) groups is 1. The summed E-state index contributed by atoms with van der Waals surface area (Å²) in [5, 5.41) is 3.71. The Balaban J connectivity index is 1.20. The number of nitrogens with zero attached hydrogens (tertiary/aromatic N) is 5. The van der Waals surface area contributed by atoms with Crippen molar-refractivity contribution >= 4 is 64.8 Å². The van der Waals surface area contributed by atoms with Gasteiger partial charge in [-0.1, -0.05) is 66.8 Å². The molecule has 0 radical (unpaired) electrons. The maximum Gasteiger partial charge on any atom is 0.148 e. The Morgan fingerprint density at radius 3 is 2.51 bits per heavy atom. The maximum atomic E-state index is 5.10. The van der Waals surface area contributed by atoms with Gasteiger partial charge in [0.05, 0.1) is 40.2 Å². The molecule has 41 heavy (non-hydrogen) atoms. The number of rotatable bonds is 3. The molecule has 0 N–H and O–H groups in total. The first kappa shape index (κ1) is 22.7. The molecule has 2 unspecified atom stereocenters. The number of hydrogen-bond donors (Lipinski definition) is 0. The summed E-state index contributed by atoms with van der Waals surface area (Å²) in [6.07, 6.45) is 12.3. The molecule has 3 aromatic carbocycles. The smallest absolute Gasteiger partial charge is 0.148 e. The molecule has 0 saturated heterocycles. The van der Waals surface area contributed by atoms with Crippen LogP contribution in [-0.2, 0) is 0 Å². The topological polar surface area (TPSA) is 46.3 Å². The van der Waals surface area contributed by atoms with Crippen molar-refractivity contribution in [1.82, 2.24) is 14.5 Å². The van der Waals surface area contributed by atoms with Crippen LogP contribution in [0.4, 0.5) is 5.69 Å². The zero-order valence-electron chi connectivity index (χ0n) is 21.9. The molecule has 4 aromatic heterocycles. The zero-order chi connectivity index (χ0) is 26.9. The van der Waals surface area contributed by atoms with Crippen LogP contribution in [0.3, 0.4) is 0 Å². The van der Waals surface area contributed by atoms with E-state index in [1.54, 1.807) is 0 Å². The summed E-state index contributed by atoms with van der Waals surface area (Å²) in [6, 6.07) is 32.2. The van der Waals surface area contributed by atoms with Gasteiger partial charge in [0.1, 0.15) is 12.0 Å². The molecule has 0 saturated carbocycles. The van der Waals surface area contributed by atoms with Gasteiger partial charge in [-0.05, 0) is 54.1 Å². The van der Waals surface area contributed by atoms with Crippen molar-refractivity contribution < 1.29 is 0 Å². The first-order chi connectivity index (χ1) is 20.3. The second kappa shape index (κ2) is 8.71. The summed E-state index contributed by atoms with van der Waals surface area (Å²) in [4.78, 5) is 17.3. The van der Waals surface area contributed by atoms with Gasteiger partial charge in [-0.2, -0.15) is 0 Å². The van der Waals surface area contributed by atoms with Gasteiger partial charge in [-0.3, -0.25) is 14.5 Å². The van der Waals surface area contributed by atoms with Crippen LogP contribution in [0.2, 0.25) is 0 Å². The molecule has 6 heteroatoms. The Morgan fingerprint density at radius 2 is 1.61 bits per heavy atom. The van der Waals surface area contributed by atoms with Crippen molar-refractivity contribution in [3.05, 3.63) is 133 Å². The number of anilines is 1. The molecular formula is C35H23N5S. The van der Waals surface area contributed by atoms with Crippen molar-refractivity contribution in [3.8, 4) is 5.82 Å². The van der Waals surface area contributed by atoms with Crippen molar-refractivity contribution in [3.63, 3.8) is 0 Å². The molecule has 0 amide bonds. The number of aromatic nitrogens is 3. The Bertz CT molecular complexity index is 2220. The van der Waals surface area contributed by atoms with Gasteiger partial charge in [0, 0.05) is 31.8 Å². The number of pyridine rings is 2. The van der Waals surface area contributed by atoms with E-state index in [0.717, 1.165) is 39.2 Å². The van der Waals surface area contributed by atoms with E-state index >= 15 is 0 Å². The van der Waals surface area contributed by atoms with E-state index in [-0.39, 0.29) is 12.2 Å². The predicted octanol–water partition coefficient (Wildman–Crippen LogP) is 8.40. The molecule has 7 aromatic rings. The van der Waals surface area contributed by atoms with E-state index in [1.807, 2.05) is 35.9 Å². The lowest BCUT2D eigenvalue weighted by molar-refractivity contribution is 0.694. The number of allylic oxidation sites excluding steroid dienone is 2. The monoisotopic (exact) mass is 545 g/mol. The van der Waals surface area contributed by atoms with Crippen molar-refractivity contribution in [1.29, 1.82) is 0 Å². The van der Waals surface area contributed by atoms with Crippen molar-refractivity contribution in [2.75, 3.05) is 4.90 Å². The van der Waals surface area contributed by atoms with Crippen molar-refractivity contribution in [2.45, 2.75) is 12.2 Å². The number of hydrogen-bond acceptors (Lipinski definition) is 5. The second-order valence-electron chi connectivity index (χ2n) is 10.5. The summed E-state index contributed by atoms with van der Waals surface area (Å²) < 4.78 is 4.81. The second-order valence-corrected chi connectivity index (χ2v) is 11.6. The largest absolute Gasteiger partial charge is 0.332 e. The maximum absolute atomic E-state index is 5.10. The zero-order valence-corrected chi connectivity index (χ0v) is 22.7. The Kier molecular flexibility index (Phi) is 4.83. The summed E-state index contributed by atoms with van der Waals surface area (Å²) >= 11 is 1.83. The van der Waals surface area contributed by atoms with Gasteiger partial charge >= 0.3 is 0 Å². The summed E-state index contributed by atoms with van der Waals surface area (Å²) in [5.74, 6) is 0.873. The summed E-state index contributed by atoms with van der Waals surface area (Å²) in [5.41, 5.74) is 6.45. The van der Waals surface area contributed by atoms with Crippen LogP contribution < -0.4 is 4.90 Å². The van der Waals surface area contributed by atoms with Gasteiger partial charge in [0.2, 0.25) is 0 Å². The fourth-order valence-electron chi connectivity index (χ4n) is 6.35. The molecule has 194 valence electrons. The first-order valence-corrected chi connectivity index (χ1v) is 14.6. The summed E-state index contributed by atoms with van der Waals surface area (Å²) in [7, 11) is 0. The van der Waals surface area contributed by atoms with Crippen LogP contribution in [0.25, 0.3) is 47.9 Å². The molecular weight excluding hydrogens is 522 g/mol. The molecule has 0 fully saturated rings. The van der Waals surface area contributed by atoms with E-state index in [0.29, 0.717) is 0 Å². The molecule has 0 spiro atoms. The highest BCUT2D eigenvalue weighted by molar-refractivity contribution is 7.25. The van der Waals surface area contributed by atoms with Crippen molar-refractivity contribution in [2.24, 2.45) is 4.99 Å². The molecule has 5 nitrogen and oxygen atoms in total. The lowest BCUT2D eigenvalue weighted by Crippen LogP contribution is -2.35. The van der Waals surface area contributed by atoms with Crippen LogP contribution in [-0.4, -0.2) is 26.3 Å². The lowest BCUT2D eigenvalue weighted by Gasteiger charge is -2.31. The molecule has 0 bridgehead atoms. The fraction of sp³-hybridized carbons (Fsp3) is 0.0571. The third-order valence-corrected chi connectivity index (χ3v) is 9.32. The molecule has 2 atom stereocenters. The van der Waals surface area contributed by atoms with E-state index in [9.17, 15) is 0 Å². The Hall–Kier alpha value is -5.07. The van der Waals surface area contributed by atoms with Crippen LogP contribution in [0, 0.1) is 0 Å². The van der Waals surface area contributed by atoms with E-state index in [4.69, 9.17) is 15.0 Å². The SMILES string of the molecule is C1=CC2=NC(c3ccccc3)N(c3ccc(-n4c5cc6sc7ccccc7c6cc5c5ncccc54)nc3)C2C=C1. The third kappa shape index (κ3) is 3.38. The van der Waals surface area contributed by atoms with Gasteiger partial charge in [-0.15, -0.1) is 11.3 Å². The van der Waals surface area contributed by atoms with Gasteiger partial charge < -0.3 is 4.90 Å². The normalized spacial score (nSPS) is 18.1. The van der Waals surface area contributed by atoms with E-state index < -0.39 is 0 Å². The average Bonchev–Trinajstić information content (AvgIpc) is 3.70. The predicted molar refractivity (Wildman–Crippen MR) is 170 cm³/mol. The lowest BCUT2D eigenvalue weighted by atomic mass is 10.0. The van der Waals surface area contributed by atoms with Gasteiger partial charge in [0.25, 0.3) is 0 Å². The third-order valence-electron chi connectivity index (χ3n) is 8.18. The highest BCUT2D eigenvalue weighted by Gasteiger charge is 2.35. The van der Waals surface area contributed by atoms with Crippen LogP contribution in [0.15, 0.2) is 133 Å². The van der Waals surface area contributed by atoms with Crippen LogP contribution >= 0.6 is 11.3 Å². The average molecular weight is 546 g/mol. The fourth-order valence-corrected chi connectivity index (χ4v) is 7.47. The van der Waals surface area contributed by atoms with E-state index in [1.165, 1.54) is 25.7 Å². The minimum absolute atomic E-state index is 0.0801. The molecule has 1 aliphatic heterocycles. The highest BCUT2D eigenvalue weighted by Crippen LogP contribution is 2.41. The van der Waals surface area contributed by atoms with Crippen LogP contribution in [0.1, 0.15) is 11.7 Å². The number of thiophene rings is 1. The Labute approximate surface area is 240 Å². The Morgan fingerprint density at radius 1 is 0.707 bits per heavy atom. The minimum Gasteiger partial charge on any atom is -0.332 e. The number of benzene rings is 3. The number of fused-ring (bicyclic) bond motifs is 7. The van der Waals surface area contributed by atoms with Gasteiger partial charge in [-0.25, -0.2) is 4.98 Å². The van der Waals surface area contributed by atoms with Crippen LogP contribution in [0.5, 0.6) is 0 Å². The van der Waals surface area contributed by atoms with E-state index in [2.05, 4.69) is 113 Å². The minimum atomic E-state index is -0.102. The molecule has 1 aliphatic carbocycles. The summed E-state index contributed by atoms with van der Waals surface area (Å²) in [6.45, 7) is 0. The molecule has 2 aliphatic rings. The quantitative estimate of drug-likeness (QED) is 0.224. The first-order valence-electron chi connectivity index (χ1n) is 13.8. The standard InChI is InChI=1S/C35H23N5S/c1-2-9-22(10-3-1)35-38-27-12-5-6-13-28(27)39(35)23-16-17-33(37-21-23)40-29-14-8-18-36-34(29)26-19-25-24-11-4-7-15-31(24)41-32(25)20-30(26)40/h1-21,28,35H. The highest BCUT2D eigenvalue weighted by atomic mass is 32.1.